The lowest BCUT2D eigenvalue weighted by Gasteiger charge is -2.09. The Hall–Kier alpha value is -3.34. The first-order valence-electron chi connectivity index (χ1n) is 7.41. The quantitative estimate of drug-likeness (QED) is 0.507. The van der Waals surface area contributed by atoms with Gasteiger partial charge in [-0.1, -0.05) is 48.5 Å². The van der Waals surface area contributed by atoms with Crippen LogP contribution in [0.4, 0.5) is 4.79 Å². The number of hydrogen-bond donors (Lipinski definition) is 3. The minimum atomic E-state index is -0.672. The highest BCUT2D eigenvalue weighted by Gasteiger charge is 2.09. The number of amidine groups is 1. The van der Waals surface area contributed by atoms with Crippen LogP contribution < -0.4 is 5.32 Å². The highest BCUT2D eigenvalue weighted by atomic mass is 16.5. The molecule has 0 aliphatic rings. The Morgan fingerprint density at radius 2 is 1.71 bits per heavy atom. The number of rotatable bonds is 3. The minimum Gasteiger partial charge on any atom is -0.508 e. The molecule has 3 N–H and O–H groups in total. The third-order valence-corrected chi connectivity index (χ3v) is 3.55. The zero-order valence-corrected chi connectivity index (χ0v) is 12.8. The van der Waals surface area contributed by atoms with E-state index in [9.17, 15) is 9.90 Å². The summed E-state index contributed by atoms with van der Waals surface area (Å²) in [5, 5.41) is 21.6. The molecule has 0 aliphatic heterocycles. The van der Waals surface area contributed by atoms with Gasteiger partial charge in [0.05, 0.1) is 0 Å². The summed E-state index contributed by atoms with van der Waals surface area (Å²) in [6.45, 7) is 0.150. The van der Waals surface area contributed by atoms with Crippen molar-refractivity contribution >= 4 is 22.7 Å². The van der Waals surface area contributed by atoms with Gasteiger partial charge in [0.2, 0.25) is 0 Å². The van der Waals surface area contributed by atoms with Crippen molar-refractivity contribution in [3.05, 3.63) is 77.9 Å². The molecule has 0 spiro atoms. The molecule has 3 aromatic rings. The molecule has 0 saturated heterocycles. The van der Waals surface area contributed by atoms with Crippen molar-refractivity contribution in [2.45, 2.75) is 6.61 Å². The normalized spacial score (nSPS) is 10.3. The van der Waals surface area contributed by atoms with Crippen molar-refractivity contribution in [1.29, 1.82) is 5.41 Å². The molecular formula is C19H16N2O3. The van der Waals surface area contributed by atoms with Crippen LogP contribution in [-0.2, 0) is 11.3 Å². The van der Waals surface area contributed by atoms with Crippen molar-refractivity contribution in [3.63, 3.8) is 0 Å². The van der Waals surface area contributed by atoms with Gasteiger partial charge < -0.3 is 9.84 Å². The van der Waals surface area contributed by atoms with Crippen LogP contribution in [0, 0.1) is 5.41 Å². The molecule has 0 radical (unpaired) electrons. The zero-order chi connectivity index (χ0) is 16.9. The molecule has 1 amide bonds. The summed E-state index contributed by atoms with van der Waals surface area (Å²) < 4.78 is 5.10. The van der Waals surface area contributed by atoms with E-state index >= 15 is 0 Å². The minimum absolute atomic E-state index is 0.0389. The van der Waals surface area contributed by atoms with E-state index < -0.39 is 6.09 Å². The van der Waals surface area contributed by atoms with E-state index in [4.69, 9.17) is 10.1 Å². The average Bonchev–Trinajstić information content (AvgIpc) is 2.60. The number of amides is 1. The molecular weight excluding hydrogens is 304 g/mol. The molecule has 0 bridgehead atoms. The Morgan fingerprint density at radius 3 is 2.50 bits per heavy atom. The lowest BCUT2D eigenvalue weighted by atomic mass is 10.1. The fourth-order valence-corrected chi connectivity index (χ4v) is 2.32. The topological polar surface area (TPSA) is 82.4 Å². The first kappa shape index (κ1) is 15.6. The van der Waals surface area contributed by atoms with Crippen LogP contribution in [0.2, 0.25) is 0 Å². The second-order valence-corrected chi connectivity index (χ2v) is 5.31. The van der Waals surface area contributed by atoms with Gasteiger partial charge in [0.1, 0.15) is 18.2 Å². The number of nitrogens with one attached hydrogen (secondary N) is 2. The van der Waals surface area contributed by atoms with Crippen LogP contribution >= 0.6 is 0 Å². The molecule has 5 nitrogen and oxygen atoms in total. The van der Waals surface area contributed by atoms with Gasteiger partial charge in [-0.25, -0.2) is 4.79 Å². The third-order valence-electron chi connectivity index (χ3n) is 3.55. The van der Waals surface area contributed by atoms with E-state index in [1.165, 1.54) is 0 Å². The SMILES string of the molecule is N=C(NC(=O)OCc1ccccc1)c1ccc2cc(O)ccc2c1. The van der Waals surface area contributed by atoms with Crippen LogP contribution in [0.15, 0.2) is 66.7 Å². The lowest BCUT2D eigenvalue weighted by molar-refractivity contribution is 0.145. The fourth-order valence-electron chi connectivity index (χ4n) is 2.32. The standard InChI is InChI=1S/C19H16N2O3/c20-18(21-19(23)24-12-13-4-2-1-3-5-13)16-7-6-15-11-17(22)9-8-14(15)10-16/h1-11,22H,12H2,(H2,20,21,23). The van der Waals surface area contributed by atoms with Gasteiger partial charge in [-0.15, -0.1) is 0 Å². The van der Waals surface area contributed by atoms with E-state index in [2.05, 4.69) is 5.32 Å². The number of phenolic OH excluding ortho intramolecular Hbond substituents is 1. The third kappa shape index (κ3) is 3.70. The molecule has 0 aromatic heterocycles. The molecule has 120 valence electrons. The van der Waals surface area contributed by atoms with Crippen LogP contribution in [0.1, 0.15) is 11.1 Å². The maximum absolute atomic E-state index is 11.8. The maximum atomic E-state index is 11.8. The Labute approximate surface area is 139 Å². The number of alkyl carbamates (subject to hydrolysis) is 1. The summed E-state index contributed by atoms with van der Waals surface area (Å²) in [6.07, 6.45) is -0.672. The van der Waals surface area contributed by atoms with Crippen LogP contribution in [-0.4, -0.2) is 17.0 Å². The van der Waals surface area contributed by atoms with Gasteiger partial charge in [0.15, 0.2) is 0 Å². The highest BCUT2D eigenvalue weighted by molar-refractivity contribution is 6.06. The maximum Gasteiger partial charge on any atom is 0.413 e. The summed E-state index contributed by atoms with van der Waals surface area (Å²) >= 11 is 0. The Bertz CT molecular complexity index is 892. The van der Waals surface area contributed by atoms with Crippen molar-refractivity contribution in [1.82, 2.24) is 5.32 Å². The predicted octanol–water partition coefficient (Wildman–Crippen LogP) is 3.80. The molecule has 0 heterocycles. The summed E-state index contributed by atoms with van der Waals surface area (Å²) in [5.41, 5.74) is 1.44. The smallest absolute Gasteiger partial charge is 0.413 e. The molecule has 0 fully saturated rings. The summed E-state index contributed by atoms with van der Waals surface area (Å²) in [5.74, 6) is 0.149. The number of benzene rings is 3. The summed E-state index contributed by atoms with van der Waals surface area (Å²) in [6, 6.07) is 19.6. The summed E-state index contributed by atoms with van der Waals surface area (Å²) in [4.78, 5) is 11.8. The van der Waals surface area contributed by atoms with Gasteiger partial charge in [0.25, 0.3) is 0 Å². The van der Waals surface area contributed by atoms with E-state index in [1.807, 2.05) is 30.3 Å². The number of phenols is 1. The van der Waals surface area contributed by atoms with Gasteiger partial charge in [-0.3, -0.25) is 10.7 Å². The number of carbonyl (C=O) groups is 1. The van der Waals surface area contributed by atoms with Gasteiger partial charge in [-0.05, 0) is 34.5 Å². The number of hydrogen-bond acceptors (Lipinski definition) is 4. The molecule has 0 atom stereocenters. The first-order valence-corrected chi connectivity index (χ1v) is 7.41. The predicted molar refractivity (Wildman–Crippen MR) is 92.2 cm³/mol. The average molecular weight is 320 g/mol. The number of carbonyl (C=O) groups excluding carboxylic acids is 1. The largest absolute Gasteiger partial charge is 0.508 e. The molecule has 0 saturated carbocycles. The monoisotopic (exact) mass is 320 g/mol. The first-order chi connectivity index (χ1) is 11.6. The molecule has 0 aliphatic carbocycles. The second kappa shape index (κ2) is 6.83. The van der Waals surface area contributed by atoms with Gasteiger partial charge >= 0.3 is 6.09 Å². The number of fused-ring (bicyclic) bond motifs is 1. The Balaban J connectivity index is 1.64. The lowest BCUT2D eigenvalue weighted by Crippen LogP contribution is -2.30. The molecule has 24 heavy (non-hydrogen) atoms. The molecule has 5 heteroatoms. The van der Waals surface area contributed by atoms with Crippen molar-refractivity contribution in [3.8, 4) is 5.75 Å². The van der Waals surface area contributed by atoms with E-state index in [0.29, 0.717) is 5.56 Å². The van der Waals surface area contributed by atoms with Crippen molar-refractivity contribution in [2.75, 3.05) is 0 Å². The van der Waals surface area contributed by atoms with E-state index in [-0.39, 0.29) is 18.2 Å². The Kier molecular flexibility index (Phi) is 4.43. The van der Waals surface area contributed by atoms with Crippen LogP contribution in [0.3, 0.4) is 0 Å². The number of ether oxygens (including phenoxy) is 1. The molecule has 3 rings (SSSR count). The van der Waals surface area contributed by atoms with E-state index in [0.717, 1.165) is 16.3 Å². The van der Waals surface area contributed by atoms with E-state index in [1.54, 1.807) is 36.4 Å². The highest BCUT2D eigenvalue weighted by Crippen LogP contribution is 2.21. The van der Waals surface area contributed by atoms with Gasteiger partial charge in [0, 0.05) is 5.56 Å². The van der Waals surface area contributed by atoms with Crippen molar-refractivity contribution < 1.29 is 14.6 Å². The summed E-state index contributed by atoms with van der Waals surface area (Å²) in [7, 11) is 0. The van der Waals surface area contributed by atoms with Crippen LogP contribution in [0.25, 0.3) is 10.8 Å². The molecule has 0 unspecified atom stereocenters. The fraction of sp³-hybridized carbons (Fsp3) is 0.0526. The molecule has 3 aromatic carbocycles. The zero-order valence-electron chi connectivity index (χ0n) is 12.8. The Morgan fingerprint density at radius 1 is 1.00 bits per heavy atom. The second-order valence-electron chi connectivity index (χ2n) is 5.31. The van der Waals surface area contributed by atoms with Crippen molar-refractivity contribution in [2.24, 2.45) is 0 Å². The van der Waals surface area contributed by atoms with Gasteiger partial charge in [-0.2, -0.15) is 0 Å². The number of aromatic hydroxyl groups is 1. The van der Waals surface area contributed by atoms with Crippen LogP contribution in [0.5, 0.6) is 5.75 Å².